The molecular weight excluding hydrogens is 264 g/mol. The van der Waals surface area contributed by atoms with Crippen molar-refractivity contribution >= 4 is 17.3 Å². The predicted molar refractivity (Wildman–Crippen MR) is 69.4 cm³/mol. The molecule has 0 bridgehead atoms. The summed E-state index contributed by atoms with van der Waals surface area (Å²) < 4.78 is 0. The third-order valence-electron chi connectivity index (χ3n) is 2.52. The first kappa shape index (κ1) is 13.4. The van der Waals surface area contributed by atoms with Gasteiger partial charge in [0.05, 0.1) is 17.2 Å². The molecule has 8 nitrogen and oxygen atoms in total. The number of carbonyl (C=O) groups is 1. The summed E-state index contributed by atoms with van der Waals surface area (Å²) in [6, 6.07) is 7.30. The predicted octanol–water partition coefficient (Wildman–Crippen LogP) is 1.70. The lowest BCUT2D eigenvalue weighted by atomic mass is 10.1. The number of benzene rings is 1. The largest absolute Gasteiger partial charge is 0.477 e. The van der Waals surface area contributed by atoms with Crippen LogP contribution >= 0.6 is 0 Å². The van der Waals surface area contributed by atoms with Crippen LogP contribution in [0.4, 0.5) is 11.4 Å². The first-order chi connectivity index (χ1) is 9.58. The maximum Gasteiger partial charge on any atom is 0.342 e. The number of nitro groups is 1. The zero-order valence-corrected chi connectivity index (χ0v) is 10.2. The van der Waals surface area contributed by atoms with E-state index in [4.69, 9.17) is 5.11 Å². The van der Waals surface area contributed by atoms with Crippen LogP contribution in [0.15, 0.2) is 36.5 Å². The highest BCUT2D eigenvalue weighted by atomic mass is 16.6. The van der Waals surface area contributed by atoms with E-state index in [1.54, 1.807) is 12.1 Å². The number of rotatable bonds is 5. The van der Waals surface area contributed by atoms with Crippen molar-refractivity contribution in [3.63, 3.8) is 0 Å². The minimum absolute atomic E-state index is 0.338. The number of anilines is 1. The molecule has 2 aromatic rings. The van der Waals surface area contributed by atoms with Crippen molar-refractivity contribution in [2.24, 2.45) is 0 Å². The maximum absolute atomic E-state index is 11.0. The molecule has 0 aliphatic heterocycles. The van der Waals surface area contributed by atoms with Crippen molar-refractivity contribution in [3.05, 3.63) is 57.9 Å². The maximum atomic E-state index is 11.0. The monoisotopic (exact) mass is 274 g/mol. The molecule has 0 radical (unpaired) electrons. The Balaban J connectivity index is 2.19. The van der Waals surface area contributed by atoms with E-state index in [2.05, 4.69) is 15.5 Å². The molecule has 0 fully saturated rings. The van der Waals surface area contributed by atoms with Crippen molar-refractivity contribution in [3.8, 4) is 0 Å². The molecule has 1 aromatic carbocycles. The van der Waals surface area contributed by atoms with E-state index in [0.717, 1.165) is 6.07 Å². The topological polar surface area (TPSA) is 118 Å². The fraction of sp³-hybridized carbons (Fsp3) is 0.0833. The fourth-order valence-electron chi connectivity index (χ4n) is 1.60. The number of nitrogens with zero attached hydrogens (tertiary/aromatic N) is 3. The van der Waals surface area contributed by atoms with Gasteiger partial charge in [-0.1, -0.05) is 0 Å². The van der Waals surface area contributed by atoms with Crippen molar-refractivity contribution in [1.82, 2.24) is 10.2 Å². The number of nitro benzene ring substituents is 1. The van der Waals surface area contributed by atoms with Crippen LogP contribution in [0.2, 0.25) is 0 Å². The molecule has 8 heteroatoms. The minimum Gasteiger partial charge on any atom is -0.477 e. The SMILES string of the molecule is O=C(O)c1cc(NCc2cccnn2)ccc1[N+](=O)[O-]. The average molecular weight is 274 g/mol. The summed E-state index contributed by atoms with van der Waals surface area (Å²) in [5.41, 5.74) is 0.322. The van der Waals surface area contributed by atoms with Crippen LogP contribution in [0, 0.1) is 10.1 Å². The molecule has 102 valence electrons. The minimum atomic E-state index is -1.35. The summed E-state index contributed by atoms with van der Waals surface area (Å²) in [6.45, 7) is 0.338. The number of hydrogen-bond acceptors (Lipinski definition) is 6. The zero-order chi connectivity index (χ0) is 14.5. The van der Waals surface area contributed by atoms with E-state index >= 15 is 0 Å². The van der Waals surface area contributed by atoms with Gasteiger partial charge in [-0.25, -0.2) is 4.79 Å². The Labute approximate surface area is 113 Å². The smallest absolute Gasteiger partial charge is 0.342 e. The third-order valence-corrected chi connectivity index (χ3v) is 2.52. The van der Waals surface area contributed by atoms with Gasteiger partial charge in [-0.05, 0) is 24.3 Å². The molecule has 0 atom stereocenters. The van der Waals surface area contributed by atoms with E-state index in [-0.39, 0.29) is 5.56 Å². The van der Waals surface area contributed by atoms with Gasteiger partial charge in [-0.15, -0.1) is 0 Å². The first-order valence-corrected chi connectivity index (χ1v) is 5.60. The van der Waals surface area contributed by atoms with Gasteiger partial charge in [0.25, 0.3) is 5.69 Å². The van der Waals surface area contributed by atoms with Gasteiger partial charge < -0.3 is 10.4 Å². The van der Waals surface area contributed by atoms with Crippen LogP contribution < -0.4 is 5.32 Å². The van der Waals surface area contributed by atoms with Crippen molar-refractivity contribution < 1.29 is 14.8 Å². The number of carboxylic acid groups (broad SMARTS) is 1. The van der Waals surface area contributed by atoms with Gasteiger partial charge in [0.2, 0.25) is 0 Å². The summed E-state index contributed by atoms with van der Waals surface area (Å²) in [4.78, 5) is 21.0. The molecule has 0 aliphatic rings. The molecule has 1 heterocycles. The van der Waals surface area contributed by atoms with Crippen LogP contribution in [-0.2, 0) is 6.54 Å². The van der Waals surface area contributed by atoms with Gasteiger partial charge in [-0.3, -0.25) is 10.1 Å². The highest BCUT2D eigenvalue weighted by molar-refractivity contribution is 5.93. The van der Waals surface area contributed by atoms with Gasteiger partial charge >= 0.3 is 5.97 Å². The third kappa shape index (κ3) is 3.05. The van der Waals surface area contributed by atoms with Crippen LogP contribution in [0.25, 0.3) is 0 Å². The quantitative estimate of drug-likeness (QED) is 0.629. The Morgan fingerprint density at radius 2 is 2.20 bits per heavy atom. The Morgan fingerprint density at radius 1 is 1.40 bits per heavy atom. The Hall–Kier alpha value is -3.03. The molecule has 0 saturated carbocycles. The normalized spacial score (nSPS) is 10.0. The van der Waals surface area contributed by atoms with E-state index in [0.29, 0.717) is 17.9 Å². The molecule has 2 N–H and O–H groups in total. The van der Waals surface area contributed by atoms with Gasteiger partial charge in [-0.2, -0.15) is 10.2 Å². The van der Waals surface area contributed by atoms with Gasteiger partial charge in [0.1, 0.15) is 5.56 Å². The van der Waals surface area contributed by atoms with E-state index in [1.165, 1.54) is 18.3 Å². The van der Waals surface area contributed by atoms with Crippen LogP contribution in [0.5, 0.6) is 0 Å². The van der Waals surface area contributed by atoms with Gasteiger partial charge in [0, 0.05) is 18.0 Å². The van der Waals surface area contributed by atoms with Gasteiger partial charge in [0.15, 0.2) is 0 Å². The van der Waals surface area contributed by atoms with Crippen molar-refractivity contribution in [1.29, 1.82) is 0 Å². The average Bonchev–Trinajstić information content (AvgIpc) is 2.45. The molecule has 1 aromatic heterocycles. The summed E-state index contributed by atoms with van der Waals surface area (Å²) in [5, 5.41) is 30.2. The number of hydrogen-bond donors (Lipinski definition) is 2. The lowest BCUT2D eigenvalue weighted by molar-refractivity contribution is -0.385. The Bertz CT molecular complexity index is 645. The van der Waals surface area contributed by atoms with Crippen LogP contribution in [-0.4, -0.2) is 26.2 Å². The lowest BCUT2D eigenvalue weighted by Gasteiger charge is -2.06. The summed E-state index contributed by atoms with van der Waals surface area (Å²) >= 11 is 0. The number of aromatic nitrogens is 2. The second-order valence-electron chi connectivity index (χ2n) is 3.86. The second-order valence-corrected chi connectivity index (χ2v) is 3.86. The Kier molecular flexibility index (Phi) is 3.85. The van der Waals surface area contributed by atoms with E-state index in [1.807, 2.05) is 0 Å². The Morgan fingerprint density at radius 3 is 2.80 bits per heavy atom. The van der Waals surface area contributed by atoms with Crippen molar-refractivity contribution in [2.45, 2.75) is 6.54 Å². The van der Waals surface area contributed by atoms with E-state index in [9.17, 15) is 14.9 Å². The lowest BCUT2D eigenvalue weighted by Crippen LogP contribution is -2.06. The standard InChI is InChI=1S/C12H10N4O4/c17-12(18)10-6-8(3-4-11(10)16(19)20)13-7-9-2-1-5-14-15-9/h1-6,13H,7H2,(H,17,18). The second kappa shape index (κ2) is 5.74. The molecule has 20 heavy (non-hydrogen) atoms. The van der Waals surface area contributed by atoms with Crippen LogP contribution in [0.3, 0.4) is 0 Å². The number of carboxylic acids is 1. The molecule has 2 rings (SSSR count). The molecule has 0 amide bonds. The molecular formula is C12H10N4O4. The summed E-state index contributed by atoms with van der Waals surface area (Å²) in [6.07, 6.45) is 1.54. The van der Waals surface area contributed by atoms with E-state index < -0.39 is 16.6 Å². The van der Waals surface area contributed by atoms with Crippen molar-refractivity contribution in [2.75, 3.05) is 5.32 Å². The molecule has 0 spiro atoms. The molecule has 0 unspecified atom stereocenters. The fourth-order valence-corrected chi connectivity index (χ4v) is 1.60. The van der Waals surface area contributed by atoms with Crippen LogP contribution in [0.1, 0.15) is 16.1 Å². The first-order valence-electron chi connectivity index (χ1n) is 5.60. The summed E-state index contributed by atoms with van der Waals surface area (Å²) in [5.74, 6) is -1.35. The highest BCUT2D eigenvalue weighted by Gasteiger charge is 2.19. The number of aromatic carboxylic acids is 1. The summed E-state index contributed by atoms with van der Waals surface area (Å²) in [7, 11) is 0. The zero-order valence-electron chi connectivity index (χ0n) is 10.2. The molecule has 0 aliphatic carbocycles. The number of nitrogens with one attached hydrogen (secondary N) is 1. The highest BCUT2D eigenvalue weighted by Crippen LogP contribution is 2.22. The molecule has 0 saturated heterocycles.